The second kappa shape index (κ2) is 5.79. The maximum absolute atomic E-state index is 12.8. The molecule has 0 atom stereocenters. The molecule has 0 bridgehead atoms. The first kappa shape index (κ1) is 15.4. The smallest absolute Gasteiger partial charge is 0.416 e. The molecule has 2 rings (SSSR count). The average molecular weight is 302 g/mol. The second-order valence-electron chi connectivity index (χ2n) is 4.37. The van der Waals surface area contributed by atoms with Crippen LogP contribution in [0.3, 0.4) is 0 Å². The Balaban J connectivity index is 2.78. The molecule has 110 valence electrons. The number of ether oxygens (including phenoxy) is 1. The summed E-state index contributed by atoms with van der Waals surface area (Å²) in [4.78, 5) is 0. The highest BCUT2D eigenvalue weighted by Gasteiger charge is 2.31. The van der Waals surface area contributed by atoms with Crippen LogP contribution in [-0.2, 0) is 6.18 Å². The summed E-state index contributed by atoms with van der Waals surface area (Å²) in [5.41, 5.74) is -0.435. The minimum Gasteiger partial charge on any atom is -0.495 e. The van der Waals surface area contributed by atoms with E-state index in [-0.39, 0.29) is 28.0 Å². The van der Waals surface area contributed by atoms with Gasteiger partial charge in [-0.1, -0.05) is 12.1 Å². The molecule has 0 N–H and O–H groups in total. The molecule has 0 saturated carbocycles. The molecule has 3 nitrogen and oxygen atoms in total. The quantitative estimate of drug-likeness (QED) is 0.838. The first-order valence-corrected chi connectivity index (χ1v) is 6.11. The molecule has 0 aromatic heterocycles. The van der Waals surface area contributed by atoms with Gasteiger partial charge in [-0.25, -0.2) is 0 Å². The Bertz CT molecular complexity index is 799. The molecule has 0 unspecified atom stereocenters. The van der Waals surface area contributed by atoms with E-state index in [9.17, 15) is 23.7 Å². The monoisotopic (exact) mass is 302 g/mol. The molecule has 0 aliphatic carbocycles. The number of halogens is 3. The molecule has 0 spiro atoms. The van der Waals surface area contributed by atoms with Crippen LogP contribution >= 0.6 is 0 Å². The first-order valence-electron chi connectivity index (χ1n) is 6.11. The molecule has 0 fully saturated rings. The molecule has 0 radical (unpaired) electrons. The average Bonchev–Trinajstić information content (AvgIpc) is 2.52. The maximum Gasteiger partial charge on any atom is 0.416 e. The fourth-order valence-electron chi connectivity index (χ4n) is 2.11. The Morgan fingerprint density at radius 2 is 1.77 bits per heavy atom. The molecule has 0 heterocycles. The summed E-state index contributed by atoms with van der Waals surface area (Å²) in [5.74, 6) is 0.203. The Morgan fingerprint density at radius 3 is 2.32 bits per heavy atom. The van der Waals surface area contributed by atoms with Crippen molar-refractivity contribution in [3.05, 3.63) is 53.1 Å². The molecule has 0 aliphatic heterocycles. The van der Waals surface area contributed by atoms with Crippen LogP contribution in [0.5, 0.6) is 5.75 Å². The van der Waals surface area contributed by atoms with Gasteiger partial charge in [-0.3, -0.25) is 0 Å². The van der Waals surface area contributed by atoms with Gasteiger partial charge in [0.2, 0.25) is 0 Å². The highest BCUT2D eigenvalue weighted by molar-refractivity contribution is 5.79. The van der Waals surface area contributed by atoms with E-state index in [1.807, 2.05) is 12.1 Å². The summed E-state index contributed by atoms with van der Waals surface area (Å²) in [6, 6.07) is 11.1. The lowest BCUT2D eigenvalue weighted by Gasteiger charge is -2.13. The van der Waals surface area contributed by atoms with Gasteiger partial charge < -0.3 is 4.74 Å². The molecule has 2 aromatic carbocycles. The van der Waals surface area contributed by atoms with Gasteiger partial charge in [-0.2, -0.15) is 23.7 Å². The predicted octanol–water partition coefficient (Wildman–Crippen LogP) is 4.12. The number of rotatable bonds is 2. The lowest BCUT2D eigenvalue weighted by atomic mass is 9.93. The number of benzene rings is 2. The lowest BCUT2D eigenvalue weighted by molar-refractivity contribution is -0.137. The zero-order valence-corrected chi connectivity index (χ0v) is 11.4. The van der Waals surface area contributed by atoms with E-state index in [0.29, 0.717) is 0 Å². The van der Waals surface area contributed by atoms with E-state index >= 15 is 0 Å². The van der Waals surface area contributed by atoms with Crippen molar-refractivity contribution in [2.45, 2.75) is 6.18 Å². The Morgan fingerprint density at radius 1 is 1.05 bits per heavy atom. The summed E-state index contributed by atoms with van der Waals surface area (Å²) in [6.07, 6.45) is -4.51. The van der Waals surface area contributed by atoms with Gasteiger partial charge >= 0.3 is 6.18 Å². The maximum atomic E-state index is 12.8. The molecular weight excluding hydrogens is 293 g/mol. The van der Waals surface area contributed by atoms with Crippen molar-refractivity contribution < 1.29 is 17.9 Å². The highest BCUT2D eigenvalue weighted by Crippen LogP contribution is 2.36. The number of alkyl halides is 3. The van der Waals surface area contributed by atoms with Gasteiger partial charge in [-0.15, -0.1) is 0 Å². The Kier molecular flexibility index (Phi) is 4.05. The van der Waals surface area contributed by atoms with E-state index in [1.54, 1.807) is 0 Å². The van der Waals surface area contributed by atoms with Crippen LogP contribution in [0, 0.1) is 22.7 Å². The van der Waals surface area contributed by atoms with Crippen LogP contribution in [0.1, 0.15) is 16.7 Å². The summed E-state index contributed by atoms with van der Waals surface area (Å²) >= 11 is 0. The van der Waals surface area contributed by atoms with Crippen LogP contribution in [0.25, 0.3) is 11.1 Å². The predicted molar refractivity (Wildman–Crippen MR) is 72.9 cm³/mol. The first-order chi connectivity index (χ1) is 10.4. The number of nitrogens with zero attached hydrogens (tertiary/aromatic N) is 2. The molecule has 2 aromatic rings. The van der Waals surface area contributed by atoms with E-state index in [4.69, 9.17) is 4.74 Å². The molecular formula is C16H9F3N2O. The molecule has 22 heavy (non-hydrogen) atoms. The van der Waals surface area contributed by atoms with Crippen molar-refractivity contribution >= 4 is 0 Å². The van der Waals surface area contributed by atoms with Gasteiger partial charge in [-0.05, 0) is 29.8 Å². The van der Waals surface area contributed by atoms with Gasteiger partial charge in [0.15, 0.2) is 0 Å². The summed E-state index contributed by atoms with van der Waals surface area (Å²) in [6.45, 7) is 0. The second-order valence-corrected chi connectivity index (χ2v) is 4.37. The summed E-state index contributed by atoms with van der Waals surface area (Å²) < 4.78 is 43.6. The summed E-state index contributed by atoms with van der Waals surface area (Å²) in [7, 11) is 1.35. The van der Waals surface area contributed by atoms with Crippen LogP contribution < -0.4 is 4.74 Å². The highest BCUT2D eigenvalue weighted by atomic mass is 19.4. The summed E-state index contributed by atoms with van der Waals surface area (Å²) in [5, 5.41) is 18.4. The fourth-order valence-corrected chi connectivity index (χ4v) is 2.11. The van der Waals surface area contributed by atoms with Crippen LogP contribution in [-0.4, -0.2) is 7.11 Å². The normalized spacial score (nSPS) is 10.6. The third-order valence-electron chi connectivity index (χ3n) is 3.10. The van der Waals surface area contributed by atoms with Crippen molar-refractivity contribution in [3.8, 4) is 29.0 Å². The minimum atomic E-state index is -4.51. The zero-order chi connectivity index (χ0) is 16.3. The third kappa shape index (κ3) is 2.72. The molecule has 0 aliphatic rings. The third-order valence-corrected chi connectivity index (χ3v) is 3.10. The largest absolute Gasteiger partial charge is 0.495 e. The van der Waals surface area contributed by atoms with Gasteiger partial charge in [0.25, 0.3) is 0 Å². The van der Waals surface area contributed by atoms with Crippen molar-refractivity contribution in [2.75, 3.05) is 7.11 Å². The van der Waals surface area contributed by atoms with Crippen molar-refractivity contribution in [1.82, 2.24) is 0 Å². The molecule has 6 heteroatoms. The molecule has 0 saturated heterocycles. The van der Waals surface area contributed by atoms with E-state index < -0.39 is 11.7 Å². The van der Waals surface area contributed by atoms with E-state index in [2.05, 4.69) is 0 Å². The number of nitriles is 2. The Hall–Kier alpha value is -2.99. The van der Waals surface area contributed by atoms with Crippen LogP contribution in [0.2, 0.25) is 0 Å². The van der Waals surface area contributed by atoms with Crippen LogP contribution in [0.4, 0.5) is 13.2 Å². The number of hydrogen-bond donors (Lipinski definition) is 0. The lowest BCUT2D eigenvalue weighted by Crippen LogP contribution is -2.05. The van der Waals surface area contributed by atoms with Crippen molar-refractivity contribution in [3.63, 3.8) is 0 Å². The van der Waals surface area contributed by atoms with Gasteiger partial charge in [0.1, 0.15) is 17.4 Å². The fraction of sp³-hybridized carbons (Fsp3) is 0.125. The zero-order valence-electron chi connectivity index (χ0n) is 11.4. The van der Waals surface area contributed by atoms with Gasteiger partial charge in [0, 0.05) is 5.56 Å². The molecule has 0 amide bonds. The van der Waals surface area contributed by atoms with E-state index in [0.717, 1.165) is 12.1 Å². The van der Waals surface area contributed by atoms with Crippen molar-refractivity contribution in [2.24, 2.45) is 0 Å². The van der Waals surface area contributed by atoms with Crippen molar-refractivity contribution in [1.29, 1.82) is 10.5 Å². The standard InChI is InChI=1S/C16H9F3N2O/c1-22-14-6-5-11(8-20)15(13(14)9-21)10-3-2-4-12(7-10)16(17,18)19/h2-7H,1H3. The Labute approximate surface area is 124 Å². The van der Waals surface area contributed by atoms with E-state index in [1.165, 1.54) is 31.4 Å². The SMILES string of the molecule is COc1ccc(C#N)c(-c2cccc(C(F)(F)F)c2)c1C#N. The van der Waals surface area contributed by atoms with Crippen LogP contribution in [0.15, 0.2) is 36.4 Å². The van der Waals surface area contributed by atoms with Gasteiger partial charge in [0.05, 0.1) is 24.3 Å². The topological polar surface area (TPSA) is 56.8 Å². The number of methoxy groups -OCH3 is 1. The number of hydrogen-bond acceptors (Lipinski definition) is 3. The minimum absolute atomic E-state index is 0.0286.